The van der Waals surface area contributed by atoms with E-state index < -0.39 is 5.97 Å². The van der Waals surface area contributed by atoms with Gasteiger partial charge in [-0.2, -0.15) is 0 Å². The van der Waals surface area contributed by atoms with Gasteiger partial charge in [0.05, 0.1) is 0 Å². The topological polar surface area (TPSA) is 81.7 Å². The first-order chi connectivity index (χ1) is 8.32. The predicted molar refractivity (Wildman–Crippen MR) is 70.6 cm³/mol. The van der Waals surface area contributed by atoms with Crippen molar-refractivity contribution in [1.82, 2.24) is 15.5 Å². The largest absolute Gasteiger partial charge is 0.481 e. The highest BCUT2D eigenvalue weighted by Gasteiger charge is 2.16. The summed E-state index contributed by atoms with van der Waals surface area (Å²) in [5.74, 6) is -0.498. The van der Waals surface area contributed by atoms with Crippen molar-refractivity contribution in [2.45, 2.75) is 32.7 Å². The molecule has 0 aliphatic carbocycles. The fraction of sp³-hybridized carbons (Fsp3) is 0.833. The third-order valence-corrected chi connectivity index (χ3v) is 2.54. The second-order valence-corrected chi connectivity index (χ2v) is 5.01. The molecule has 6 nitrogen and oxygen atoms in total. The molecule has 0 rings (SSSR count). The molecule has 0 aliphatic heterocycles. The Morgan fingerprint density at radius 3 is 2.33 bits per heavy atom. The Morgan fingerprint density at radius 1 is 1.28 bits per heavy atom. The van der Waals surface area contributed by atoms with Crippen LogP contribution in [0.1, 0.15) is 26.7 Å². The van der Waals surface area contributed by atoms with Gasteiger partial charge in [-0.1, -0.05) is 13.8 Å². The van der Waals surface area contributed by atoms with Crippen molar-refractivity contribution in [2.24, 2.45) is 5.92 Å². The van der Waals surface area contributed by atoms with E-state index in [1.165, 1.54) is 0 Å². The summed E-state index contributed by atoms with van der Waals surface area (Å²) in [5, 5.41) is 14.0. The summed E-state index contributed by atoms with van der Waals surface area (Å²) in [5.41, 5.74) is 0. The van der Waals surface area contributed by atoms with Crippen LogP contribution in [0.3, 0.4) is 0 Å². The Kier molecular flexibility index (Phi) is 8.11. The van der Waals surface area contributed by atoms with Gasteiger partial charge in [0.2, 0.25) is 0 Å². The van der Waals surface area contributed by atoms with E-state index in [4.69, 9.17) is 5.11 Å². The standard InChI is InChI=1S/C12H25N3O3/c1-9(2)10(8-15(3)4)14-12(18)13-7-5-6-11(16)17/h9-10H,5-8H2,1-4H3,(H,16,17)(H2,13,14,18). The van der Waals surface area contributed by atoms with Crippen LogP contribution in [-0.2, 0) is 4.79 Å². The smallest absolute Gasteiger partial charge is 0.315 e. The zero-order chi connectivity index (χ0) is 14.1. The summed E-state index contributed by atoms with van der Waals surface area (Å²) in [6, 6.07) is -0.152. The van der Waals surface area contributed by atoms with E-state index in [9.17, 15) is 9.59 Å². The Labute approximate surface area is 109 Å². The number of rotatable bonds is 8. The molecule has 0 aromatic carbocycles. The summed E-state index contributed by atoms with van der Waals surface area (Å²) in [7, 11) is 3.92. The van der Waals surface area contributed by atoms with Crippen molar-refractivity contribution in [3.8, 4) is 0 Å². The minimum Gasteiger partial charge on any atom is -0.481 e. The molecule has 0 saturated carbocycles. The number of likely N-dealkylation sites (N-methyl/N-ethyl adjacent to an activating group) is 1. The Morgan fingerprint density at radius 2 is 1.89 bits per heavy atom. The molecule has 3 N–H and O–H groups in total. The number of carbonyl (C=O) groups is 2. The molecule has 0 aromatic heterocycles. The van der Waals surface area contributed by atoms with Crippen molar-refractivity contribution in [2.75, 3.05) is 27.2 Å². The molecule has 0 bridgehead atoms. The highest BCUT2D eigenvalue weighted by Crippen LogP contribution is 2.02. The fourth-order valence-electron chi connectivity index (χ4n) is 1.48. The molecule has 0 aliphatic rings. The molecule has 18 heavy (non-hydrogen) atoms. The summed E-state index contributed by atoms with van der Waals surface area (Å²) < 4.78 is 0. The molecule has 1 unspecified atom stereocenters. The maximum absolute atomic E-state index is 11.6. The number of hydrogen-bond acceptors (Lipinski definition) is 3. The molecule has 0 aromatic rings. The van der Waals surface area contributed by atoms with Crippen LogP contribution in [0.25, 0.3) is 0 Å². The van der Waals surface area contributed by atoms with Crippen molar-refractivity contribution in [3.05, 3.63) is 0 Å². The SMILES string of the molecule is CC(C)C(CN(C)C)NC(=O)NCCCC(=O)O. The molecule has 0 fully saturated rings. The first-order valence-electron chi connectivity index (χ1n) is 6.23. The van der Waals surface area contributed by atoms with Crippen molar-refractivity contribution >= 4 is 12.0 Å². The summed E-state index contributed by atoms with van der Waals surface area (Å²) in [6.45, 7) is 5.27. The highest BCUT2D eigenvalue weighted by molar-refractivity contribution is 5.74. The van der Waals surface area contributed by atoms with E-state index in [1.807, 2.05) is 19.0 Å². The number of carboxylic acids is 1. The number of nitrogens with zero attached hydrogens (tertiary/aromatic N) is 1. The Balaban J connectivity index is 3.91. The number of aliphatic carboxylic acids is 1. The highest BCUT2D eigenvalue weighted by atomic mass is 16.4. The van der Waals surface area contributed by atoms with Gasteiger partial charge in [0.1, 0.15) is 0 Å². The lowest BCUT2D eigenvalue weighted by Gasteiger charge is -2.25. The van der Waals surface area contributed by atoms with Gasteiger partial charge in [-0.15, -0.1) is 0 Å². The minimum absolute atomic E-state index is 0.0750. The van der Waals surface area contributed by atoms with Crippen LogP contribution in [0.2, 0.25) is 0 Å². The van der Waals surface area contributed by atoms with Crippen LogP contribution in [-0.4, -0.2) is 55.2 Å². The second kappa shape index (κ2) is 8.74. The van der Waals surface area contributed by atoms with E-state index in [0.29, 0.717) is 18.9 Å². The van der Waals surface area contributed by atoms with Gasteiger partial charge in [0, 0.05) is 25.6 Å². The van der Waals surface area contributed by atoms with Crippen LogP contribution in [0, 0.1) is 5.92 Å². The van der Waals surface area contributed by atoms with Gasteiger partial charge in [0.15, 0.2) is 0 Å². The fourth-order valence-corrected chi connectivity index (χ4v) is 1.48. The van der Waals surface area contributed by atoms with Crippen LogP contribution in [0.4, 0.5) is 4.79 Å². The van der Waals surface area contributed by atoms with E-state index in [0.717, 1.165) is 6.54 Å². The molecule has 1 atom stereocenters. The van der Waals surface area contributed by atoms with Gasteiger partial charge in [-0.25, -0.2) is 4.79 Å². The molecular formula is C12H25N3O3. The average molecular weight is 259 g/mol. The third kappa shape index (κ3) is 8.81. The molecule has 0 radical (unpaired) electrons. The van der Waals surface area contributed by atoms with E-state index in [2.05, 4.69) is 24.5 Å². The van der Waals surface area contributed by atoms with Gasteiger partial charge in [0.25, 0.3) is 0 Å². The normalized spacial score (nSPS) is 12.6. The summed E-state index contributed by atoms with van der Waals surface area (Å²) in [6.07, 6.45) is 0.522. The number of hydrogen-bond donors (Lipinski definition) is 3. The number of amides is 2. The number of nitrogens with one attached hydrogen (secondary N) is 2. The van der Waals surface area contributed by atoms with Crippen LogP contribution in [0.5, 0.6) is 0 Å². The van der Waals surface area contributed by atoms with Gasteiger partial charge in [-0.05, 0) is 26.4 Å². The Hall–Kier alpha value is -1.30. The van der Waals surface area contributed by atoms with Gasteiger partial charge < -0.3 is 20.6 Å². The molecule has 2 amide bonds. The zero-order valence-electron chi connectivity index (χ0n) is 11.7. The first-order valence-corrected chi connectivity index (χ1v) is 6.23. The number of carboxylic acid groups (broad SMARTS) is 1. The third-order valence-electron chi connectivity index (χ3n) is 2.54. The second-order valence-electron chi connectivity index (χ2n) is 5.01. The average Bonchev–Trinajstić information content (AvgIpc) is 2.22. The summed E-state index contributed by atoms with van der Waals surface area (Å²) >= 11 is 0. The molecule has 0 spiro atoms. The van der Waals surface area contributed by atoms with Crippen LogP contribution < -0.4 is 10.6 Å². The van der Waals surface area contributed by atoms with Crippen molar-refractivity contribution in [3.63, 3.8) is 0 Å². The van der Waals surface area contributed by atoms with Gasteiger partial charge >= 0.3 is 12.0 Å². The van der Waals surface area contributed by atoms with E-state index in [-0.39, 0.29) is 18.5 Å². The molecule has 0 heterocycles. The minimum atomic E-state index is -0.843. The van der Waals surface area contributed by atoms with Crippen molar-refractivity contribution < 1.29 is 14.7 Å². The zero-order valence-corrected chi connectivity index (χ0v) is 11.7. The predicted octanol–water partition coefficient (Wildman–Crippen LogP) is 0.737. The summed E-state index contributed by atoms with van der Waals surface area (Å²) in [4.78, 5) is 23.9. The van der Waals surface area contributed by atoms with Crippen LogP contribution in [0.15, 0.2) is 0 Å². The number of urea groups is 1. The molecule has 0 saturated heterocycles. The van der Waals surface area contributed by atoms with E-state index in [1.54, 1.807) is 0 Å². The van der Waals surface area contributed by atoms with Crippen LogP contribution >= 0.6 is 0 Å². The maximum atomic E-state index is 11.6. The molecule has 6 heteroatoms. The number of carbonyl (C=O) groups excluding carboxylic acids is 1. The monoisotopic (exact) mass is 259 g/mol. The lowest BCUT2D eigenvalue weighted by Crippen LogP contribution is -2.49. The van der Waals surface area contributed by atoms with E-state index >= 15 is 0 Å². The first kappa shape index (κ1) is 16.7. The lowest BCUT2D eigenvalue weighted by molar-refractivity contribution is -0.137. The quantitative estimate of drug-likeness (QED) is 0.561. The Bertz CT molecular complexity index is 267. The maximum Gasteiger partial charge on any atom is 0.315 e. The lowest BCUT2D eigenvalue weighted by atomic mass is 10.0. The molecular weight excluding hydrogens is 234 g/mol. The van der Waals surface area contributed by atoms with Crippen molar-refractivity contribution in [1.29, 1.82) is 0 Å². The van der Waals surface area contributed by atoms with Gasteiger partial charge in [-0.3, -0.25) is 4.79 Å². The molecule has 106 valence electrons.